The molecule has 14 heteroatoms. The second-order valence-electron chi connectivity index (χ2n) is 11.9. The van der Waals surface area contributed by atoms with Gasteiger partial charge in [0.25, 0.3) is 0 Å². The fourth-order valence-electron chi connectivity index (χ4n) is 5.76. The Morgan fingerprint density at radius 2 is 1.73 bits per heavy atom. The van der Waals surface area contributed by atoms with Crippen molar-refractivity contribution in [3.8, 4) is 11.5 Å². The van der Waals surface area contributed by atoms with Gasteiger partial charge < -0.3 is 25.4 Å². The van der Waals surface area contributed by atoms with E-state index in [2.05, 4.69) is 58.4 Å². The fraction of sp³-hybridized carbons (Fsp3) is 0.630. The van der Waals surface area contributed by atoms with Crippen LogP contribution in [0, 0.1) is 5.82 Å². The molecule has 0 aliphatic carbocycles. The molecular weight excluding hydrogens is 554 g/mol. The number of benzene rings is 1. The lowest BCUT2D eigenvalue weighted by Gasteiger charge is -2.46. The van der Waals surface area contributed by atoms with E-state index >= 15 is 0 Å². The van der Waals surface area contributed by atoms with Crippen molar-refractivity contribution in [2.24, 2.45) is 0 Å². The highest BCUT2D eigenvalue weighted by Crippen LogP contribution is 2.35. The number of rotatable bonds is 9. The van der Waals surface area contributed by atoms with E-state index in [0.29, 0.717) is 12.8 Å². The van der Waals surface area contributed by atoms with Gasteiger partial charge in [-0.05, 0) is 65.5 Å². The van der Waals surface area contributed by atoms with Crippen molar-refractivity contribution in [2.75, 3.05) is 30.3 Å². The number of halogens is 6. The zero-order valence-corrected chi connectivity index (χ0v) is 23.4. The largest absolute Gasteiger partial charge is 0.486 e. The monoisotopic (exact) mass is 590 g/mol. The lowest BCUT2D eigenvalue weighted by Crippen LogP contribution is -2.60. The molecule has 0 unspecified atom stereocenters. The molecule has 228 valence electrons. The van der Waals surface area contributed by atoms with Gasteiger partial charge in [0, 0.05) is 42.0 Å². The molecule has 4 rings (SSSR count). The van der Waals surface area contributed by atoms with Crippen LogP contribution >= 0.6 is 0 Å². The zero-order valence-electron chi connectivity index (χ0n) is 23.4. The summed E-state index contributed by atoms with van der Waals surface area (Å²) in [5.41, 5.74) is -0.0565. The van der Waals surface area contributed by atoms with E-state index in [1.165, 1.54) is 23.1 Å². The van der Waals surface area contributed by atoms with Crippen molar-refractivity contribution in [3.63, 3.8) is 0 Å². The number of nitrogens with one attached hydrogen (secondary N) is 3. The molecular formula is C27H36F6N6O2. The van der Waals surface area contributed by atoms with Gasteiger partial charge >= 0.3 is 12.8 Å². The number of alkyl halides is 5. The number of hydrogen-bond acceptors (Lipinski definition) is 8. The van der Waals surface area contributed by atoms with Crippen LogP contribution < -0.4 is 25.4 Å². The molecule has 2 fully saturated rings. The van der Waals surface area contributed by atoms with Crippen LogP contribution in [0.25, 0.3) is 0 Å². The number of piperidine rings is 2. The lowest BCUT2D eigenvalue weighted by atomic mass is 9.79. The Bertz CT molecular complexity index is 1170. The molecule has 2 saturated heterocycles. The van der Waals surface area contributed by atoms with E-state index in [1.54, 1.807) is 0 Å². The third-order valence-electron chi connectivity index (χ3n) is 6.92. The van der Waals surface area contributed by atoms with E-state index in [0.717, 1.165) is 19.0 Å². The van der Waals surface area contributed by atoms with Gasteiger partial charge in [-0.15, -0.1) is 0 Å². The molecule has 0 amide bonds. The van der Waals surface area contributed by atoms with Crippen molar-refractivity contribution in [1.29, 1.82) is 0 Å². The SMILES string of the molecule is CC1(C)CC(Nc2nc(Nc3ccc(OC4CCN(CC(F)(F)F)CC4)c(OC(F)F)c3)ncc2F)CC(C)(C)N1. The third-order valence-corrected chi connectivity index (χ3v) is 6.92. The van der Waals surface area contributed by atoms with Crippen molar-refractivity contribution >= 4 is 17.5 Å². The number of anilines is 3. The summed E-state index contributed by atoms with van der Waals surface area (Å²) in [4.78, 5) is 9.51. The predicted octanol–water partition coefficient (Wildman–Crippen LogP) is 6.09. The highest BCUT2D eigenvalue weighted by atomic mass is 19.4. The first-order valence-corrected chi connectivity index (χ1v) is 13.5. The summed E-state index contributed by atoms with van der Waals surface area (Å²) in [7, 11) is 0. The molecule has 1 aromatic heterocycles. The Labute approximate surface area is 235 Å². The summed E-state index contributed by atoms with van der Waals surface area (Å²) < 4.78 is 89.5. The fourth-order valence-corrected chi connectivity index (χ4v) is 5.76. The van der Waals surface area contributed by atoms with Gasteiger partial charge in [-0.2, -0.15) is 26.9 Å². The minimum absolute atomic E-state index is 0.0156. The Balaban J connectivity index is 1.44. The molecule has 2 aromatic rings. The summed E-state index contributed by atoms with van der Waals surface area (Å²) in [6, 6.07) is 4.17. The van der Waals surface area contributed by atoms with Gasteiger partial charge in [-0.25, -0.2) is 9.37 Å². The molecule has 2 aliphatic rings. The second kappa shape index (κ2) is 12.1. The van der Waals surface area contributed by atoms with Crippen LogP contribution in [0.5, 0.6) is 11.5 Å². The van der Waals surface area contributed by atoms with Crippen molar-refractivity contribution in [1.82, 2.24) is 20.2 Å². The minimum atomic E-state index is -4.29. The van der Waals surface area contributed by atoms with Crippen LogP contribution in [-0.2, 0) is 0 Å². The Hall–Kier alpha value is -3.00. The Morgan fingerprint density at radius 3 is 2.34 bits per heavy atom. The van der Waals surface area contributed by atoms with E-state index < -0.39 is 31.3 Å². The number of hydrogen-bond donors (Lipinski definition) is 3. The maximum atomic E-state index is 14.6. The molecule has 2 aliphatic heterocycles. The highest BCUT2D eigenvalue weighted by Gasteiger charge is 2.38. The topological polar surface area (TPSA) is 83.6 Å². The predicted molar refractivity (Wildman–Crippen MR) is 142 cm³/mol. The van der Waals surface area contributed by atoms with E-state index in [-0.39, 0.29) is 59.2 Å². The average Bonchev–Trinajstić information content (AvgIpc) is 2.81. The third kappa shape index (κ3) is 9.25. The van der Waals surface area contributed by atoms with Crippen molar-refractivity contribution < 1.29 is 35.8 Å². The summed E-state index contributed by atoms with van der Waals surface area (Å²) in [5, 5.41) is 9.62. The van der Waals surface area contributed by atoms with E-state index in [9.17, 15) is 26.3 Å². The summed E-state index contributed by atoms with van der Waals surface area (Å²) in [6.45, 7) is 4.50. The second-order valence-corrected chi connectivity index (χ2v) is 11.9. The summed E-state index contributed by atoms with van der Waals surface area (Å²) in [5.74, 6) is -0.806. The first-order valence-electron chi connectivity index (χ1n) is 13.5. The maximum Gasteiger partial charge on any atom is 0.401 e. The van der Waals surface area contributed by atoms with Crippen LogP contribution in [0.15, 0.2) is 24.4 Å². The van der Waals surface area contributed by atoms with Crippen LogP contribution in [0.1, 0.15) is 53.4 Å². The lowest BCUT2D eigenvalue weighted by molar-refractivity contribution is -0.149. The standard InChI is InChI=1S/C27H36F6N6O2/c1-25(2)12-17(13-26(3,4)38-25)35-22-19(28)14-34-24(37-22)36-16-5-6-20(21(11-16)41-23(29)30)40-18-7-9-39(10-8-18)15-27(31,32)33/h5-6,11,14,17-18,23,38H,7-10,12-13,15H2,1-4H3,(H2,34,35,36,37). The van der Waals surface area contributed by atoms with E-state index in [1.807, 2.05) is 0 Å². The van der Waals surface area contributed by atoms with Crippen molar-refractivity contribution in [3.05, 3.63) is 30.2 Å². The zero-order chi connectivity index (χ0) is 30.0. The highest BCUT2D eigenvalue weighted by molar-refractivity contribution is 5.60. The van der Waals surface area contributed by atoms with Crippen LogP contribution in [0.3, 0.4) is 0 Å². The Kier molecular flexibility index (Phi) is 9.12. The summed E-state index contributed by atoms with van der Waals surface area (Å²) >= 11 is 0. The number of nitrogens with zero attached hydrogens (tertiary/aromatic N) is 3. The van der Waals surface area contributed by atoms with Gasteiger partial charge in [-0.1, -0.05) is 0 Å². The van der Waals surface area contributed by atoms with Gasteiger partial charge in [0.1, 0.15) is 6.10 Å². The van der Waals surface area contributed by atoms with E-state index in [4.69, 9.17) is 4.74 Å². The molecule has 3 heterocycles. The molecule has 1 aromatic carbocycles. The molecule has 41 heavy (non-hydrogen) atoms. The normalized spacial score (nSPS) is 20.2. The van der Waals surface area contributed by atoms with Gasteiger partial charge in [0.05, 0.1) is 12.7 Å². The quantitative estimate of drug-likeness (QED) is 0.303. The first-order chi connectivity index (χ1) is 19.1. The summed E-state index contributed by atoms with van der Waals surface area (Å²) in [6.07, 6.45) is -1.66. The molecule has 0 spiro atoms. The maximum absolute atomic E-state index is 14.6. The minimum Gasteiger partial charge on any atom is -0.486 e. The molecule has 0 atom stereocenters. The van der Waals surface area contributed by atoms with Gasteiger partial charge in [0.2, 0.25) is 5.95 Å². The number of ether oxygens (including phenoxy) is 2. The van der Waals surface area contributed by atoms with Gasteiger partial charge in [0.15, 0.2) is 23.1 Å². The number of likely N-dealkylation sites (tertiary alicyclic amines) is 1. The molecule has 3 N–H and O–H groups in total. The van der Waals surface area contributed by atoms with Gasteiger partial charge in [-0.3, -0.25) is 4.90 Å². The molecule has 0 radical (unpaired) electrons. The average molecular weight is 591 g/mol. The first kappa shape index (κ1) is 30.9. The smallest absolute Gasteiger partial charge is 0.401 e. The van der Waals surface area contributed by atoms with Crippen molar-refractivity contribution in [2.45, 2.75) is 89.4 Å². The van der Waals surface area contributed by atoms with Crippen LogP contribution in [-0.4, -0.2) is 70.5 Å². The van der Waals surface area contributed by atoms with Crippen LogP contribution in [0.2, 0.25) is 0 Å². The molecule has 0 saturated carbocycles. The molecule has 8 nitrogen and oxygen atoms in total. The molecule has 0 bridgehead atoms. The van der Waals surface area contributed by atoms with Crippen LogP contribution in [0.4, 0.5) is 43.8 Å². The Morgan fingerprint density at radius 1 is 1.07 bits per heavy atom. The number of aromatic nitrogens is 2.